The van der Waals surface area contributed by atoms with Crippen LogP contribution in [0.1, 0.15) is 22.8 Å². The minimum Gasteiger partial charge on any atom is -0.507 e. The lowest BCUT2D eigenvalue weighted by Crippen LogP contribution is -2.16. The van der Waals surface area contributed by atoms with Gasteiger partial charge in [0.15, 0.2) is 5.78 Å². The highest BCUT2D eigenvalue weighted by Crippen LogP contribution is 2.24. The lowest BCUT2D eigenvalue weighted by atomic mass is 10.1. The largest absolute Gasteiger partial charge is 0.507 e. The Bertz CT molecular complexity index is 389. The molecule has 1 aromatic rings. The Labute approximate surface area is 110 Å². The Morgan fingerprint density at radius 2 is 2.06 bits per heavy atom. The Balaban J connectivity index is 2.78. The highest BCUT2D eigenvalue weighted by atomic mass is 35.5. The van der Waals surface area contributed by atoms with Gasteiger partial charge in [0.2, 0.25) is 0 Å². The highest BCUT2D eigenvalue weighted by Gasteiger charge is 2.12. The molecule has 17 heavy (non-hydrogen) atoms. The molecule has 0 aromatic heterocycles. The van der Waals surface area contributed by atoms with E-state index in [4.69, 9.17) is 27.9 Å². The van der Waals surface area contributed by atoms with Gasteiger partial charge in [-0.05, 0) is 13.0 Å². The predicted octanol–water partition coefficient (Wildman–Crippen LogP) is 2.96. The summed E-state index contributed by atoms with van der Waals surface area (Å²) in [5.74, 6) is 0.353. The summed E-state index contributed by atoms with van der Waals surface area (Å²) in [7, 11) is 0. The number of para-hydroxylation sites is 1. The second kappa shape index (κ2) is 6.84. The zero-order valence-electron chi connectivity index (χ0n) is 9.45. The van der Waals surface area contributed by atoms with Crippen molar-refractivity contribution in [2.24, 2.45) is 0 Å². The topological polar surface area (TPSA) is 46.5 Å². The second-order valence-corrected chi connectivity index (χ2v) is 4.23. The molecule has 0 spiro atoms. The van der Waals surface area contributed by atoms with Gasteiger partial charge in [-0.2, -0.15) is 0 Å². The number of carbonyl (C=O) groups is 1. The highest BCUT2D eigenvalue weighted by molar-refractivity contribution is 6.21. The van der Waals surface area contributed by atoms with Crippen LogP contribution in [0.4, 0.5) is 0 Å². The number of ether oxygens (including phenoxy) is 1. The molecule has 0 unspecified atom stereocenters. The van der Waals surface area contributed by atoms with Gasteiger partial charge in [-0.15, -0.1) is 23.2 Å². The van der Waals surface area contributed by atoms with Crippen LogP contribution in [0, 0.1) is 0 Å². The molecular formula is C12H14Cl2O3. The van der Waals surface area contributed by atoms with Crippen molar-refractivity contribution in [3.05, 3.63) is 29.3 Å². The van der Waals surface area contributed by atoms with Gasteiger partial charge < -0.3 is 9.84 Å². The number of phenolic OH excluding ortho intramolecular Hbond substituents is 1. The number of rotatable bonds is 6. The van der Waals surface area contributed by atoms with Gasteiger partial charge in [0, 0.05) is 17.3 Å². The van der Waals surface area contributed by atoms with Crippen LogP contribution in [-0.2, 0) is 11.3 Å². The minimum absolute atomic E-state index is 0.0390. The first-order valence-corrected chi connectivity index (χ1v) is 6.22. The molecule has 0 saturated carbocycles. The molecule has 0 amide bonds. The quantitative estimate of drug-likeness (QED) is 0.642. The third-order valence-corrected chi connectivity index (χ3v) is 3.01. The van der Waals surface area contributed by atoms with Gasteiger partial charge in [-0.3, -0.25) is 4.79 Å². The van der Waals surface area contributed by atoms with Gasteiger partial charge in [0.1, 0.15) is 5.75 Å². The number of hydrogen-bond donors (Lipinski definition) is 1. The molecule has 0 aliphatic carbocycles. The number of aromatic hydroxyl groups is 1. The summed E-state index contributed by atoms with van der Waals surface area (Å²) < 4.78 is 5.41. The molecule has 0 bridgehead atoms. The van der Waals surface area contributed by atoms with E-state index in [1.165, 1.54) is 6.92 Å². The molecule has 0 aliphatic rings. The van der Waals surface area contributed by atoms with Gasteiger partial charge in [-0.25, -0.2) is 0 Å². The summed E-state index contributed by atoms with van der Waals surface area (Å²) in [5, 5.41) is 9.85. The maximum Gasteiger partial charge on any atom is 0.163 e. The molecule has 5 heteroatoms. The molecule has 1 rings (SSSR count). The number of hydrogen-bond acceptors (Lipinski definition) is 3. The van der Waals surface area contributed by atoms with Crippen LogP contribution in [0.25, 0.3) is 0 Å². The zero-order chi connectivity index (χ0) is 12.8. The fourth-order valence-corrected chi connectivity index (χ4v) is 1.84. The summed E-state index contributed by atoms with van der Waals surface area (Å²) in [6, 6.07) is 4.97. The number of alkyl halides is 2. The van der Waals surface area contributed by atoms with Crippen molar-refractivity contribution in [3.8, 4) is 5.75 Å². The van der Waals surface area contributed by atoms with Crippen molar-refractivity contribution in [3.63, 3.8) is 0 Å². The molecule has 0 heterocycles. The number of ketones is 1. The van der Waals surface area contributed by atoms with Gasteiger partial charge >= 0.3 is 0 Å². The molecule has 0 fully saturated rings. The second-order valence-electron chi connectivity index (χ2n) is 3.61. The van der Waals surface area contributed by atoms with Crippen molar-refractivity contribution in [1.82, 2.24) is 0 Å². The van der Waals surface area contributed by atoms with Crippen LogP contribution < -0.4 is 0 Å². The first-order valence-electron chi connectivity index (χ1n) is 5.15. The Morgan fingerprint density at radius 1 is 1.41 bits per heavy atom. The molecule has 0 radical (unpaired) electrons. The molecule has 0 aliphatic heterocycles. The number of phenols is 1. The maximum atomic E-state index is 11.2. The molecule has 0 atom stereocenters. The summed E-state index contributed by atoms with van der Waals surface area (Å²) in [6.07, 6.45) is -0.265. The van der Waals surface area contributed by atoms with Crippen LogP contribution in [0.15, 0.2) is 18.2 Å². The zero-order valence-corrected chi connectivity index (χ0v) is 11.0. The number of Topliss-reactive ketones (excluding diaryl/α,β-unsaturated/α-hetero) is 1. The summed E-state index contributed by atoms with van der Waals surface area (Å²) in [6.45, 7) is 1.58. The van der Waals surface area contributed by atoms with E-state index < -0.39 is 0 Å². The van der Waals surface area contributed by atoms with E-state index >= 15 is 0 Å². The molecule has 1 aromatic carbocycles. The SMILES string of the molecule is CC(=O)c1cccc(COC(CCl)CCl)c1O. The first kappa shape index (κ1) is 14.3. The van der Waals surface area contributed by atoms with Gasteiger partial charge in [0.05, 0.1) is 18.3 Å². The van der Waals surface area contributed by atoms with E-state index in [2.05, 4.69) is 0 Å². The fraction of sp³-hybridized carbons (Fsp3) is 0.417. The minimum atomic E-state index is -0.265. The molecule has 3 nitrogen and oxygen atoms in total. The van der Waals surface area contributed by atoms with Crippen molar-refractivity contribution in [2.45, 2.75) is 19.6 Å². The van der Waals surface area contributed by atoms with E-state index in [1.54, 1.807) is 18.2 Å². The van der Waals surface area contributed by atoms with E-state index in [9.17, 15) is 9.90 Å². The van der Waals surface area contributed by atoms with Crippen molar-refractivity contribution in [2.75, 3.05) is 11.8 Å². The van der Waals surface area contributed by atoms with E-state index in [-0.39, 0.29) is 36.0 Å². The average molecular weight is 277 g/mol. The van der Waals surface area contributed by atoms with Crippen LogP contribution in [-0.4, -0.2) is 28.8 Å². The standard InChI is InChI=1S/C12H14Cl2O3/c1-8(15)11-4-2-3-9(12(11)16)7-17-10(5-13)6-14/h2-4,10,16H,5-7H2,1H3. The van der Waals surface area contributed by atoms with E-state index in [0.717, 1.165) is 0 Å². The summed E-state index contributed by atoms with van der Waals surface area (Å²) in [5.41, 5.74) is 0.845. The summed E-state index contributed by atoms with van der Waals surface area (Å²) >= 11 is 11.3. The number of halogens is 2. The van der Waals surface area contributed by atoms with Crippen LogP contribution in [0.3, 0.4) is 0 Å². The van der Waals surface area contributed by atoms with Gasteiger partial charge in [-0.1, -0.05) is 12.1 Å². The lowest BCUT2D eigenvalue weighted by molar-refractivity contribution is 0.0688. The lowest BCUT2D eigenvalue weighted by Gasteiger charge is -2.13. The fourth-order valence-electron chi connectivity index (χ4n) is 1.33. The summed E-state index contributed by atoms with van der Waals surface area (Å²) in [4.78, 5) is 11.2. The molecule has 94 valence electrons. The molecule has 0 saturated heterocycles. The van der Waals surface area contributed by atoms with Crippen molar-refractivity contribution >= 4 is 29.0 Å². The smallest absolute Gasteiger partial charge is 0.163 e. The Hall–Kier alpha value is -0.770. The number of carbonyl (C=O) groups excluding carboxylic acids is 1. The average Bonchev–Trinajstić information content (AvgIpc) is 2.32. The van der Waals surface area contributed by atoms with Crippen LogP contribution >= 0.6 is 23.2 Å². The first-order chi connectivity index (χ1) is 8.10. The molecule has 1 N–H and O–H groups in total. The maximum absolute atomic E-state index is 11.2. The van der Waals surface area contributed by atoms with Crippen LogP contribution in [0.5, 0.6) is 5.75 Å². The third kappa shape index (κ3) is 3.87. The van der Waals surface area contributed by atoms with Gasteiger partial charge in [0.25, 0.3) is 0 Å². The normalized spacial score (nSPS) is 10.8. The van der Waals surface area contributed by atoms with E-state index in [0.29, 0.717) is 11.1 Å². The third-order valence-electron chi connectivity index (χ3n) is 2.32. The van der Waals surface area contributed by atoms with Crippen molar-refractivity contribution < 1.29 is 14.6 Å². The van der Waals surface area contributed by atoms with Crippen LogP contribution in [0.2, 0.25) is 0 Å². The number of benzene rings is 1. The predicted molar refractivity (Wildman–Crippen MR) is 68.1 cm³/mol. The van der Waals surface area contributed by atoms with Crippen molar-refractivity contribution in [1.29, 1.82) is 0 Å². The Morgan fingerprint density at radius 3 is 2.59 bits per heavy atom. The molecular weight excluding hydrogens is 263 g/mol. The monoisotopic (exact) mass is 276 g/mol. The van der Waals surface area contributed by atoms with E-state index in [1.807, 2.05) is 0 Å². The Kier molecular flexibility index (Phi) is 5.75.